The smallest absolute Gasteiger partial charge is 0.329 e. The molecule has 0 saturated carbocycles. The average molecular weight is 297 g/mol. The van der Waals surface area contributed by atoms with Crippen molar-refractivity contribution < 1.29 is 19.5 Å². The third kappa shape index (κ3) is 2.69. The molecule has 2 unspecified atom stereocenters. The molecule has 2 fully saturated rings. The number of carbonyl (C=O) groups is 3. The molecule has 118 valence electrons. The maximum atomic E-state index is 12.7. The number of nitrogens with two attached hydrogens (primary N) is 1. The van der Waals surface area contributed by atoms with Crippen LogP contribution in [0.4, 0.5) is 4.79 Å². The van der Waals surface area contributed by atoms with E-state index in [0.29, 0.717) is 45.3 Å². The van der Waals surface area contributed by atoms with Crippen LogP contribution >= 0.6 is 0 Å². The number of primary amides is 1. The van der Waals surface area contributed by atoms with Crippen molar-refractivity contribution in [3.8, 4) is 0 Å². The van der Waals surface area contributed by atoms with E-state index in [9.17, 15) is 19.5 Å². The second-order valence-electron chi connectivity index (χ2n) is 5.91. The Hall–Kier alpha value is -1.79. The summed E-state index contributed by atoms with van der Waals surface area (Å²) >= 11 is 0. The molecule has 7 heteroatoms. The lowest BCUT2D eigenvalue weighted by Gasteiger charge is -2.38. The van der Waals surface area contributed by atoms with Crippen molar-refractivity contribution in [1.29, 1.82) is 0 Å². The Balaban J connectivity index is 2.15. The zero-order valence-electron chi connectivity index (χ0n) is 12.4. The molecule has 0 radical (unpaired) electrons. The highest BCUT2D eigenvalue weighted by Crippen LogP contribution is 2.35. The van der Waals surface area contributed by atoms with Gasteiger partial charge in [0.15, 0.2) is 0 Å². The molecule has 0 aliphatic carbocycles. The molecule has 0 aromatic heterocycles. The molecule has 2 atom stereocenters. The first-order valence-corrected chi connectivity index (χ1v) is 7.51. The Morgan fingerprint density at radius 2 is 2.00 bits per heavy atom. The highest BCUT2D eigenvalue weighted by atomic mass is 16.4. The molecule has 0 aromatic carbocycles. The number of aliphatic carboxylic acids is 1. The van der Waals surface area contributed by atoms with Gasteiger partial charge >= 0.3 is 12.0 Å². The summed E-state index contributed by atoms with van der Waals surface area (Å²) in [5, 5.41) is 9.54. The molecule has 7 nitrogen and oxygen atoms in total. The maximum absolute atomic E-state index is 12.7. The Morgan fingerprint density at radius 3 is 2.57 bits per heavy atom. The average Bonchev–Trinajstić information content (AvgIpc) is 2.91. The van der Waals surface area contributed by atoms with Gasteiger partial charge in [-0.1, -0.05) is 6.92 Å². The largest absolute Gasteiger partial charge is 0.479 e. The van der Waals surface area contributed by atoms with Crippen molar-refractivity contribution in [3.05, 3.63) is 0 Å². The molecule has 3 amide bonds. The Labute approximate surface area is 124 Å². The van der Waals surface area contributed by atoms with Crippen molar-refractivity contribution in [2.45, 2.75) is 44.6 Å². The van der Waals surface area contributed by atoms with E-state index in [1.165, 1.54) is 9.80 Å². The standard InChI is InChI=1S/C14H23N3O4/c1-2-14(12(19)20)6-4-8-17(14)11(18)10-5-3-7-16(9-10)13(15)21/h10H,2-9H2,1H3,(H2,15,21)(H,19,20). The molecule has 2 aliphatic rings. The number of amides is 3. The highest BCUT2D eigenvalue weighted by molar-refractivity contribution is 5.89. The van der Waals surface area contributed by atoms with Gasteiger partial charge < -0.3 is 20.6 Å². The van der Waals surface area contributed by atoms with Crippen LogP contribution in [-0.2, 0) is 9.59 Å². The molecule has 2 saturated heterocycles. The van der Waals surface area contributed by atoms with Gasteiger partial charge in [0, 0.05) is 19.6 Å². The highest BCUT2D eigenvalue weighted by Gasteiger charge is 2.50. The molecule has 0 aromatic rings. The maximum Gasteiger partial charge on any atom is 0.329 e. The third-order valence-corrected chi connectivity index (χ3v) is 4.82. The number of carbonyl (C=O) groups excluding carboxylic acids is 2. The summed E-state index contributed by atoms with van der Waals surface area (Å²) < 4.78 is 0. The second-order valence-corrected chi connectivity index (χ2v) is 5.91. The van der Waals surface area contributed by atoms with E-state index >= 15 is 0 Å². The number of piperidine rings is 1. The lowest BCUT2D eigenvalue weighted by molar-refractivity contribution is -0.159. The first-order valence-electron chi connectivity index (χ1n) is 7.51. The summed E-state index contributed by atoms with van der Waals surface area (Å²) in [6.45, 7) is 3.14. The van der Waals surface area contributed by atoms with E-state index in [1.807, 2.05) is 0 Å². The molecule has 0 bridgehead atoms. The van der Waals surface area contributed by atoms with Crippen LogP contribution in [0.5, 0.6) is 0 Å². The second kappa shape index (κ2) is 5.91. The minimum atomic E-state index is -1.08. The molecule has 2 rings (SSSR count). The summed E-state index contributed by atoms with van der Waals surface area (Å²) in [6.07, 6.45) is 3.01. The van der Waals surface area contributed by atoms with Crippen LogP contribution in [0.1, 0.15) is 39.0 Å². The quantitative estimate of drug-likeness (QED) is 0.797. The van der Waals surface area contributed by atoms with E-state index in [-0.39, 0.29) is 11.8 Å². The zero-order valence-corrected chi connectivity index (χ0v) is 12.4. The van der Waals surface area contributed by atoms with Gasteiger partial charge in [-0.2, -0.15) is 0 Å². The number of carboxylic acids is 1. The van der Waals surface area contributed by atoms with Crippen molar-refractivity contribution in [2.24, 2.45) is 11.7 Å². The van der Waals surface area contributed by atoms with Gasteiger partial charge in [-0.05, 0) is 32.1 Å². The van der Waals surface area contributed by atoms with Crippen LogP contribution in [0, 0.1) is 5.92 Å². The van der Waals surface area contributed by atoms with Crippen LogP contribution in [0.3, 0.4) is 0 Å². The van der Waals surface area contributed by atoms with Gasteiger partial charge in [0.05, 0.1) is 5.92 Å². The van der Waals surface area contributed by atoms with E-state index in [0.717, 1.165) is 6.42 Å². The van der Waals surface area contributed by atoms with Crippen molar-refractivity contribution in [1.82, 2.24) is 9.80 Å². The molecule has 21 heavy (non-hydrogen) atoms. The normalized spacial score (nSPS) is 29.5. The van der Waals surface area contributed by atoms with Gasteiger partial charge in [-0.25, -0.2) is 9.59 Å². The zero-order chi connectivity index (χ0) is 15.6. The molecule has 0 spiro atoms. The Bertz CT molecular complexity index is 454. The minimum Gasteiger partial charge on any atom is -0.479 e. The number of carboxylic acid groups (broad SMARTS) is 1. The lowest BCUT2D eigenvalue weighted by Crippen LogP contribution is -2.56. The number of rotatable bonds is 3. The predicted molar refractivity (Wildman–Crippen MR) is 75.5 cm³/mol. The fourth-order valence-electron chi connectivity index (χ4n) is 3.54. The summed E-state index contributed by atoms with van der Waals surface area (Å²) in [5.41, 5.74) is 4.20. The Kier molecular flexibility index (Phi) is 4.39. The number of likely N-dealkylation sites (tertiary alicyclic amines) is 2. The van der Waals surface area contributed by atoms with E-state index in [4.69, 9.17) is 5.73 Å². The van der Waals surface area contributed by atoms with Crippen LogP contribution in [-0.4, -0.2) is 58.0 Å². The predicted octanol–water partition coefficient (Wildman–Crippen LogP) is 0.633. The number of hydrogen-bond donors (Lipinski definition) is 2. The molecular formula is C14H23N3O4. The van der Waals surface area contributed by atoms with Crippen molar-refractivity contribution in [2.75, 3.05) is 19.6 Å². The summed E-state index contributed by atoms with van der Waals surface area (Å²) in [6, 6.07) is -0.520. The number of hydrogen-bond acceptors (Lipinski definition) is 3. The third-order valence-electron chi connectivity index (χ3n) is 4.82. The fourth-order valence-corrected chi connectivity index (χ4v) is 3.54. The van der Waals surface area contributed by atoms with Crippen molar-refractivity contribution >= 4 is 17.9 Å². The van der Waals surface area contributed by atoms with Crippen LogP contribution < -0.4 is 5.73 Å². The van der Waals surface area contributed by atoms with E-state index in [2.05, 4.69) is 0 Å². The number of nitrogens with zero attached hydrogens (tertiary/aromatic N) is 2. The van der Waals surface area contributed by atoms with Gasteiger partial charge in [0.1, 0.15) is 5.54 Å². The van der Waals surface area contributed by atoms with E-state index in [1.54, 1.807) is 6.92 Å². The summed E-state index contributed by atoms with van der Waals surface area (Å²) in [7, 11) is 0. The first-order chi connectivity index (χ1) is 9.92. The molecule has 2 aliphatic heterocycles. The number of urea groups is 1. The van der Waals surface area contributed by atoms with Crippen molar-refractivity contribution in [3.63, 3.8) is 0 Å². The van der Waals surface area contributed by atoms with Crippen LogP contribution in [0.25, 0.3) is 0 Å². The fraction of sp³-hybridized carbons (Fsp3) is 0.786. The molecule has 3 N–H and O–H groups in total. The van der Waals surface area contributed by atoms with Gasteiger partial charge in [-0.15, -0.1) is 0 Å². The van der Waals surface area contributed by atoms with Gasteiger partial charge in [0.2, 0.25) is 5.91 Å². The molecular weight excluding hydrogens is 274 g/mol. The van der Waals surface area contributed by atoms with Crippen LogP contribution in [0.2, 0.25) is 0 Å². The monoisotopic (exact) mass is 297 g/mol. The van der Waals surface area contributed by atoms with E-state index < -0.39 is 17.5 Å². The first kappa shape index (κ1) is 15.6. The summed E-state index contributed by atoms with van der Waals surface area (Å²) in [5.74, 6) is -1.42. The van der Waals surface area contributed by atoms with Crippen LogP contribution in [0.15, 0.2) is 0 Å². The summed E-state index contributed by atoms with van der Waals surface area (Å²) in [4.78, 5) is 38.6. The lowest BCUT2D eigenvalue weighted by atomic mass is 9.90. The topological polar surface area (TPSA) is 104 Å². The van der Waals surface area contributed by atoms with Gasteiger partial charge in [0.25, 0.3) is 0 Å². The minimum absolute atomic E-state index is 0.150. The Morgan fingerprint density at radius 1 is 1.29 bits per heavy atom. The molecule has 2 heterocycles. The van der Waals surface area contributed by atoms with Gasteiger partial charge in [-0.3, -0.25) is 4.79 Å². The SMILES string of the molecule is CCC1(C(=O)O)CCCN1C(=O)C1CCCN(C(N)=O)C1.